The van der Waals surface area contributed by atoms with Crippen LogP contribution >= 0.6 is 23.5 Å². The normalized spacial score (nSPS) is 25.8. The molecule has 4 atom stereocenters. The molecule has 39 heavy (non-hydrogen) atoms. The van der Waals surface area contributed by atoms with Gasteiger partial charge in [0.2, 0.25) is 0 Å². The van der Waals surface area contributed by atoms with E-state index >= 15 is 0 Å². The van der Waals surface area contributed by atoms with Crippen molar-refractivity contribution in [3.8, 4) is 11.5 Å². The summed E-state index contributed by atoms with van der Waals surface area (Å²) in [6.07, 6.45) is 2.57. The number of ether oxygens (including phenoxy) is 2. The molecule has 0 saturated heterocycles. The molecule has 0 aromatic heterocycles. The second-order valence-electron chi connectivity index (χ2n) is 9.35. The van der Waals surface area contributed by atoms with E-state index in [2.05, 4.69) is 0 Å². The molecule has 0 radical (unpaired) electrons. The van der Waals surface area contributed by atoms with Gasteiger partial charge in [-0.25, -0.2) is 9.59 Å². The lowest BCUT2D eigenvalue weighted by molar-refractivity contribution is -0.158. The fraction of sp³-hybridized carbons (Fsp3) is 0.259. The Morgan fingerprint density at radius 3 is 1.28 bits per heavy atom. The molecule has 10 nitrogen and oxygen atoms in total. The van der Waals surface area contributed by atoms with Gasteiger partial charge in [-0.3, -0.25) is 9.59 Å². The molecule has 12 heteroatoms. The molecule has 0 spiro atoms. The van der Waals surface area contributed by atoms with E-state index in [9.17, 15) is 39.6 Å². The van der Waals surface area contributed by atoms with Gasteiger partial charge in [0.1, 0.15) is 23.3 Å². The number of thioether (sulfide) groups is 2. The first-order chi connectivity index (χ1) is 18.3. The van der Waals surface area contributed by atoms with Crippen LogP contribution in [0.3, 0.4) is 0 Å². The highest BCUT2D eigenvalue weighted by Crippen LogP contribution is 2.45. The van der Waals surface area contributed by atoms with Crippen molar-refractivity contribution in [3.05, 3.63) is 82.6 Å². The Bertz CT molecular complexity index is 1260. The Morgan fingerprint density at radius 1 is 0.667 bits per heavy atom. The molecule has 0 aliphatic carbocycles. The van der Waals surface area contributed by atoms with Crippen LogP contribution < -0.4 is 9.47 Å². The van der Waals surface area contributed by atoms with Crippen molar-refractivity contribution in [1.82, 2.24) is 0 Å². The standard InChI is InChI=1S/C27H24O10S2/c1-25(2,15-3-7-17(8-4-15)36-26(23(32)33)19(21(28)29)11-13-38-26)16-5-9-18(10-6-16)37-27(24(34)35)20(22(30)31)12-14-39-27/h3-14,19-20H,1-2H3,(H,28,29)(H,30,31)(H,32,33)(H,34,35). The second-order valence-corrected chi connectivity index (χ2v) is 11.6. The van der Waals surface area contributed by atoms with E-state index in [1.807, 2.05) is 13.8 Å². The van der Waals surface area contributed by atoms with Crippen LogP contribution in [0.1, 0.15) is 25.0 Å². The number of carbonyl (C=O) groups is 4. The summed E-state index contributed by atoms with van der Waals surface area (Å²) in [6.45, 7) is 3.90. The SMILES string of the molecule is CC(C)(c1ccc(OC2(C(=O)O)SC=CC2C(=O)O)cc1)c1ccc(OC2(C(=O)O)SC=CC2C(=O)O)cc1. The molecule has 4 unspecified atom stereocenters. The largest absolute Gasteiger partial charge is 0.481 e. The maximum absolute atomic E-state index is 12.0. The summed E-state index contributed by atoms with van der Waals surface area (Å²) in [4.78, 5) is 43.1. The van der Waals surface area contributed by atoms with Crippen molar-refractivity contribution in [3.63, 3.8) is 0 Å². The first-order valence-electron chi connectivity index (χ1n) is 11.5. The molecule has 2 aliphatic heterocycles. The number of carboxylic acids is 4. The molecule has 2 heterocycles. The van der Waals surface area contributed by atoms with Crippen LogP contribution in [-0.4, -0.2) is 54.2 Å². The van der Waals surface area contributed by atoms with E-state index in [1.165, 1.54) is 23.0 Å². The predicted octanol–water partition coefficient (Wildman–Crippen LogP) is 4.25. The smallest absolute Gasteiger partial charge is 0.360 e. The minimum Gasteiger partial charge on any atom is -0.481 e. The summed E-state index contributed by atoms with van der Waals surface area (Å²) >= 11 is 1.56. The number of hydrogen-bond acceptors (Lipinski definition) is 8. The maximum Gasteiger partial charge on any atom is 0.360 e. The molecule has 2 aliphatic rings. The number of hydrogen-bond donors (Lipinski definition) is 4. The molecule has 2 aromatic carbocycles. The van der Waals surface area contributed by atoms with Crippen molar-refractivity contribution >= 4 is 47.4 Å². The van der Waals surface area contributed by atoms with Crippen molar-refractivity contribution < 1.29 is 49.1 Å². The number of carboxylic acid groups (broad SMARTS) is 4. The van der Waals surface area contributed by atoms with Gasteiger partial charge in [0.05, 0.1) is 0 Å². The first kappa shape index (κ1) is 28.1. The Hall–Kier alpha value is -3.90. The zero-order chi connectivity index (χ0) is 28.6. The van der Waals surface area contributed by atoms with Gasteiger partial charge in [-0.1, -0.05) is 73.8 Å². The van der Waals surface area contributed by atoms with Crippen LogP contribution in [0.15, 0.2) is 71.5 Å². The van der Waals surface area contributed by atoms with Gasteiger partial charge in [-0.15, -0.1) is 0 Å². The number of aliphatic carboxylic acids is 4. The van der Waals surface area contributed by atoms with E-state index in [0.29, 0.717) is 0 Å². The molecule has 4 rings (SSSR count). The minimum atomic E-state index is -2.02. The van der Waals surface area contributed by atoms with Crippen LogP contribution in [0, 0.1) is 11.8 Å². The molecule has 204 valence electrons. The molecular formula is C27H24O10S2. The summed E-state index contributed by atoms with van der Waals surface area (Å²) < 4.78 is 11.4. The minimum absolute atomic E-state index is 0.192. The maximum atomic E-state index is 12.0. The van der Waals surface area contributed by atoms with Crippen molar-refractivity contribution in [1.29, 1.82) is 0 Å². The second kappa shape index (κ2) is 10.3. The average Bonchev–Trinajstić information content (AvgIpc) is 3.51. The number of rotatable bonds is 10. The van der Waals surface area contributed by atoms with E-state index < -0.39 is 51.0 Å². The molecule has 2 aromatic rings. The summed E-state index contributed by atoms with van der Waals surface area (Å²) in [5.74, 6) is -7.75. The lowest BCUT2D eigenvalue weighted by Gasteiger charge is -2.30. The fourth-order valence-corrected chi connectivity index (χ4v) is 6.37. The zero-order valence-electron chi connectivity index (χ0n) is 20.6. The highest BCUT2D eigenvalue weighted by Gasteiger charge is 2.55. The molecule has 4 N–H and O–H groups in total. The Balaban J connectivity index is 1.53. The van der Waals surface area contributed by atoms with Gasteiger partial charge in [0, 0.05) is 5.41 Å². The van der Waals surface area contributed by atoms with E-state index in [0.717, 1.165) is 34.7 Å². The Labute approximate surface area is 231 Å². The molecular weight excluding hydrogens is 548 g/mol. The average molecular weight is 573 g/mol. The van der Waals surface area contributed by atoms with Crippen LogP contribution in [0.4, 0.5) is 0 Å². The topological polar surface area (TPSA) is 168 Å². The molecule has 0 fully saturated rings. The third kappa shape index (κ3) is 4.97. The lowest BCUT2D eigenvalue weighted by Crippen LogP contribution is -2.48. The molecule has 0 amide bonds. The molecule has 0 bridgehead atoms. The van der Waals surface area contributed by atoms with Gasteiger partial charge < -0.3 is 29.9 Å². The van der Waals surface area contributed by atoms with Crippen LogP contribution in [0.5, 0.6) is 11.5 Å². The summed E-state index contributed by atoms with van der Waals surface area (Å²) in [5.41, 5.74) is 1.11. The Morgan fingerprint density at radius 2 is 1.00 bits per heavy atom. The van der Waals surface area contributed by atoms with Gasteiger partial charge in [-0.05, 0) is 46.2 Å². The van der Waals surface area contributed by atoms with E-state index in [1.54, 1.807) is 48.5 Å². The molecule has 0 saturated carbocycles. The summed E-state index contributed by atoms with van der Waals surface area (Å²) in [5, 5.41) is 41.2. The van der Waals surface area contributed by atoms with Gasteiger partial charge in [0.15, 0.2) is 0 Å². The first-order valence-corrected chi connectivity index (χ1v) is 13.3. The third-order valence-corrected chi connectivity index (χ3v) is 8.98. The van der Waals surface area contributed by atoms with Crippen LogP contribution in [0.2, 0.25) is 0 Å². The monoisotopic (exact) mass is 572 g/mol. The predicted molar refractivity (Wildman–Crippen MR) is 143 cm³/mol. The highest BCUT2D eigenvalue weighted by molar-refractivity contribution is 8.04. The van der Waals surface area contributed by atoms with Gasteiger partial charge in [-0.2, -0.15) is 0 Å². The number of benzene rings is 2. The summed E-state index contributed by atoms with van der Waals surface area (Å²) in [6, 6.07) is 13.3. The van der Waals surface area contributed by atoms with Gasteiger partial charge in [0.25, 0.3) is 9.87 Å². The van der Waals surface area contributed by atoms with Crippen LogP contribution in [-0.2, 0) is 24.6 Å². The highest BCUT2D eigenvalue weighted by atomic mass is 32.2. The van der Waals surface area contributed by atoms with Gasteiger partial charge >= 0.3 is 23.9 Å². The van der Waals surface area contributed by atoms with Crippen molar-refractivity contribution in [2.45, 2.75) is 29.1 Å². The van der Waals surface area contributed by atoms with Crippen molar-refractivity contribution in [2.24, 2.45) is 11.8 Å². The van der Waals surface area contributed by atoms with E-state index in [4.69, 9.17) is 9.47 Å². The zero-order valence-corrected chi connectivity index (χ0v) is 22.3. The van der Waals surface area contributed by atoms with E-state index in [-0.39, 0.29) is 11.5 Å². The summed E-state index contributed by atoms with van der Waals surface area (Å²) in [7, 11) is 0. The lowest BCUT2D eigenvalue weighted by atomic mass is 9.78. The Kier molecular flexibility index (Phi) is 7.46. The van der Waals surface area contributed by atoms with Crippen LogP contribution in [0.25, 0.3) is 0 Å². The van der Waals surface area contributed by atoms with Crippen molar-refractivity contribution in [2.75, 3.05) is 0 Å². The quantitative estimate of drug-likeness (QED) is 0.320. The third-order valence-electron chi connectivity index (χ3n) is 6.67. The fourth-order valence-electron chi connectivity index (χ4n) is 4.35.